The summed E-state index contributed by atoms with van der Waals surface area (Å²) in [5.41, 5.74) is 0.916. The van der Waals surface area contributed by atoms with Gasteiger partial charge in [0.05, 0.1) is 19.3 Å². The Balaban J connectivity index is 1.79. The zero-order chi connectivity index (χ0) is 15.5. The van der Waals surface area contributed by atoms with Gasteiger partial charge in [0.1, 0.15) is 17.6 Å². The molecule has 1 aliphatic rings. The molecule has 0 aliphatic carbocycles. The number of benzene rings is 1. The average molecular weight is 304 g/mol. The molecule has 0 saturated carbocycles. The van der Waals surface area contributed by atoms with Crippen molar-refractivity contribution in [3.8, 4) is 0 Å². The summed E-state index contributed by atoms with van der Waals surface area (Å²) >= 11 is 0. The van der Waals surface area contributed by atoms with Gasteiger partial charge in [0.25, 0.3) is 5.91 Å². The first-order valence-electron chi connectivity index (χ1n) is 7.24. The van der Waals surface area contributed by atoms with E-state index in [1.165, 1.54) is 12.3 Å². The quantitative estimate of drug-likeness (QED) is 0.865. The molecule has 1 aromatic carbocycles. The number of carbonyl (C=O) groups excluding carboxylic acids is 1. The van der Waals surface area contributed by atoms with Crippen LogP contribution in [0.15, 0.2) is 30.5 Å². The number of hydrogen-bond acceptors (Lipinski definition) is 4. The van der Waals surface area contributed by atoms with E-state index in [1.54, 1.807) is 27.8 Å². The Morgan fingerprint density at radius 2 is 2.27 bits per heavy atom. The molecule has 0 bridgehead atoms. The van der Waals surface area contributed by atoms with E-state index in [1.807, 2.05) is 6.92 Å². The van der Waals surface area contributed by atoms with Crippen LogP contribution in [0, 0.1) is 5.82 Å². The summed E-state index contributed by atoms with van der Waals surface area (Å²) in [7, 11) is 0. The smallest absolute Gasteiger partial charge is 0.273 e. The molecule has 1 fully saturated rings. The van der Waals surface area contributed by atoms with E-state index in [4.69, 9.17) is 4.74 Å². The Hall–Kier alpha value is -2.28. The van der Waals surface area contributed by atoms with E-state index >= 15 is 0 Å². The van der Waals surface area contributed by atoms with Crippen LogP contribution in [0.1, 0.15) is 29.1 Å². The minimum absolute atomic E-state index is 0.156. The zero-order valence-electron chi connectivity index (χ0n) is 12.3. The summed E-state index contributed by atoms with van der Waals surface area (Å²) in [6, 6.07) is 6.48. The fraction of sp³-hybridized carbons (Fsp3) is 0.400. The highest BCUT2D eigenvalue weighted by Gasteiger charge is 2.29. The molecule has 2 aromatic rings. The van der Waals surface area contributed by atoms with Crippen LogP contribution in [0.4, 0.5) is 4.39 Å². The Morgan fingerprint density at radius 1 is 1.45 bits per heavy atom. The van der Waals surface area contributed by atoms with Crippen LogP contribution in [0.5, 0.6) is 0 Å². The third kappa shape index (κ3) is 2.71. The van der Waals surface area contributed by atoms with Gasteiger partial charge in [0, 0.05) is 18.7 Å². The Labute approximate surface area is 127 Å². The monoisotopic (exact) mass is 304 g/mol. The third-order valence-electron chi connectivity index (χ3n) is 3.74. The highest BCUT2D eigenvalue weighted by Crippen LogP contribution is 2.25. The molecule has 116 valence electrons. The maximum Gasteiger partial charge on any atom is 0.273 e. The molecular weight excluding hydrogens is 287 g/mol. The first kappa shape index (κ1) is 14.6. The number of carbonyl (C=O) groups is 1. The van der Waals surface area contributed by atoms with E-state index in [0.717, 1.165) is 0 Å². The summed E-state index contributed by atoms with van der Waals surface area (Å²) in [5.74, 6) is -0.474. The van der Waals surface area contributed by atoms with Crippen molar-refractivity contribution >= 4 is 5.91 Å². The maximum absolute atomic E-state index is 13.9. The van der Waals surface area contributed by atoms with Gasteiger partial charge in [-0.15, -0.1) is 5.10 Å². The van der Waals surface area contributed by atoms with Gasteiger partial charge in [-0.25, -0.2) is 9.07 Å². The van der Waals surface area contributed by atoms with Gasteiger partial charge >= 0.3 is 0 Å². The fourth-order valence-corrected chi connectivity index (χ4v) is 2.58. The van der Waals surface area contributed by atoms with Gasteiger partial charge < -0.3 is 9.64 Å². The van der Waals surface area contributed by atoms with Crippen molar-refractivity contribution in [3.63, 3.8) is 0 Å². The number of rotatable bonds is 3. The molecule has 1 aliphatic heterocycles. The molecule has 0 radical (unpaired) electrons. The average Bonchev–Trinajstić information content (AvgIpc) is 3.03. The van der Waals surface area contributed by atoms with Gasteiger partial charge in [-0.3, -0.25) is 4.79 Å². The highest BCUT2D eigenvalue weighted by atomic mass is 19.1. The predicted molar refractivity (Wildman–Crippen MR) is 76.7 cm³/mol. The van der Waals surface area contributed by atoms with Crippen LogP contribution in [-0.2, 0) is 11.3 Å². The van der Waals surface area contributed by atoms with Crippen molar-refractivity contribution in [2.24, 2.45) is 0 Å². The van der Waals surface area contributed by atoms with Crippen molar-refractivity contribution in [2.75, 3.05) is 19.7 Å². The zero-order valence-corrected chi connectivity index (χ0v) is 12.3. The molecule has 1 aromatic heterocycles. The van der Waals surface area contributed by atoms with Gasteiger partial charge in [-0.1, -0.05) is 23.4 Å². The second-order valence-corrected chi connectivity index (χ2v) is 5.07. The van der Waals surface area contributed by atoms with Gasteiger partial charge in [0.2, 0.25) is 0 Å². The number of nitrogens with zero attached hydrogens (tertiary/aromatic N) is 4. The summed E-state index contributed by atoms with van der Waals surface area (Å²) in [6.45, 7) is 3.63. The molecule has 7 heteroatoms. The Bertz CT molecular complexity index is 673. The molecule has 0 N–H and O–H groups in total. The van der Waals surface area contributed by atoms with Crippen LogP contribution >= 0.6 is 0 Å². The SMILES string of the molecule is CCn1nncc1C(=O)N1CCOC(c2ccccc2F)C1. The van der Waals surface area contributed by atoms with E-state index in [9.17, 15) is 9.18 Å². The Kier molecular flexibility index (Phi) is 4.15. The van der Waals surface area contributed by atoms with Crippen LogP contribution in [-0.4, -0.2) is 45.5 Å². The van der Waals surface area contributed by atoms with E-state index in [2.05, 4.69) is 10.3 Å². The lowest BCUT2D eigenvalue weighted by Gasteiger charge is -2.33. The van der Waals surface area contributed by atoms with Gasteiger partial charge in [-0.2, -0.15) is 0 Å². The van der Waals surface area contributed by atoms with Crippen LogP contribution in [0.3, 0.4) is 0 Å². The molecule has 0 spiro atoms. The van der Waals surface area contributed by atoms with Crippen LogP contribution in [0.2, 0.25) is 0 Å². The lowest BCUT2D eigenvalue weighted by atomic mass is 10.1. The fourth-order valence-electron chi connectivity index (χ4n) is 2.58. The number of ether oxygens (including phenoxy) is 1. The molecule has 1 unspecified atom stereocenters. The number of morpholine rings is 1. The minimum Gasteiger partial charge on any atom is -0.370 e. The van der Waals surface area contributed by atoms with Crippen molar-refractivity contribution in [1.82, 2.24) is 19.9 Å². The molecular formula is C15H17FN4O2. The molecule has 2 heterocycles. The first-order chi connectivity index (χ1) is 10.7. The number of aromatic nitrogens is 3. The third-order valence-corrected chi connectivity index (χ3v) is 3.74. The number of amides is 1. The van der Waals surface area contributed by atoms with Crippen molar-refractivity contribution in [2.45, 2.75) is 19.6 Å². The largest absolute Gasteiger partial charge is 0.370 e. The van der Waals surface area contributed by atoms with Crippen molar-refractivity contribution in [3.05, 3.63) is 47.5 Å². The number of aryl methyl sites for hydroxylation is 1. The normalized spacial score (nSPS) is 18.5. The first-order valence-corrected chi connectivity index (χ1v) is 7.24. The topological polar surface area (TPSA) is 60.2 Å². The Morgan fingerprint density at radius 3 is 3.05 bits per heavy atom. The second-order valence-electron chi connectivity index (χ2n) is 5.07. The molecule has 1 amide bonds. The number of halogens is 1. The summed E-state index contributed by atoms with van der Waals surface area (Å²) in [4.78, 5) is 14.2. The van der Waals surface area contributed by atoms with Crippen LogP contribution in [0.25, 0.3) is 0 Å². The molecule has 22 heavy (non-hydrogen) atoms. The van der Waals surface area contributed by atoms with Gasteiger partial charge in [0.15, 0.2) is 0 Å². The van der Waals surface area contributed by atoms with E-state index in [-0.39, 0.29) is 11.7 Å². The van der Waals surface area contributed by atoms with Crippen molar-refractivity contribution < 1.29 is 13.9 Å². The summed E-state index contributed by atoms with van der Waals surface area (Å²) < 4.78 is 21.1. The standard InChI is InChI=1S/C15H17FN4O2/c1-2-20-13(9-17-18-20)15(21)19-7-8-22-14(10-19)11-5-3-4-6-12(11)16/h3-6,9,14H,2,7-8,10H2,1H3. The summed E-state index contributed by atoms with van der Waals surface area (Å²) in [5, 5.41) is 7.64. The maximum atomic E-state index is 13.9. The number of hydrogen-bond donors (Lipinski definition) is 0. The highest BCUT2D eigenvalue weighted by molar-refractivity contribution is 5.92. The molecule has 6 nitrogen and oxygen atoms in total. The molecule has 1 atom stereocenters. The second kappa shape index (κ2) is 6.23. The van der Waals surface area contributed by atoms with E-state index < -0.39 is 6.10 Å². The van der Waals surface area contributed by atoms with Crippen LogP contribution < -0.4 is 0 Å². The minimum atomic E-state index is -0.454. The van der Waals surface area contributed by atoms with E-state index in [0.29, 0.717) is 37.5 Å². The van der Waals surface area contributed by atoms with Crippen molar-refractivity contribution in [1.29, 1.82) is 0 Å². The molecule has 1 saturated heterocycles. The lowest BCUT2D eigenvalue weighted by Crippen LogP contribution is -2.43. The van der Waals surface area contributed by atoms with Gasteiger partial charge in [-0.05, 0) is 13.0 Å². The lowest BCUT2D eigenvalue weighted by molar-refractivity contribution is -0.0246. The summed E-state index contributed by atoms with van der Waals surface area (Å²) in [6.07, 6.45) is 1.00. The molecule has 3 rings (SSSR count). The predicted octanol–water partition coefficient (Wildman–Crippen LogP) is 1.65.